The van der Waals surface area contributed by atoms with Crippen molar-refractivity contribution < 1.29 is 9.13 Å². The first kappa shape index (κ1) is 15.0. The lowest BCUT2D eigenvalue weighted by Crippen LogP contribution is -2.18. The Balaban J connectivity index is 1.61. The van der Waals surface area contributed by atoms with E-state index in [-0.39, 0.29) is 5.82 Å². The first-order valence-corrected chi connectivity index (χ1v) is 7.90. The molecule has 0 bridgehead atoms. The highest BCUT2D eigenvalue weighted by Gasteiger charge is 2.13. The van der Waals surface area contributed by atoms with Crippen LogP contribution in [0.1, 0.15) is 29.5 Å². The average Bonchev–Trinajstić information content (AvgIpc) is 3.01. The van der Waals surface area contributed by atoms with E-state index in [4.69, 9.17) is 4.74 Å². The van der Waals surface area contributed by atoms with Crippen LogP contribution < -0.4 is 4.74 Å². The third kappa shape index (κ3) is 3.86. The predicted molar refractivity (Wildman–Crippen MR) is 86.4 cm³/mol. The van der Waals surface area contributed by atoms with Gasteiger partial charge in [0.25, 0.3) is 0 Å². The van der Waals surface area contributed by atoms with Crippen LogP contribution in [0.15, 0.2) is 42.5 Å². The van der Waals surface area contributed by atoms with Gasteiger partial charge in [0.2, 0.25) is 0 Å². The summed E-state index contributed by atoms with van der Waals surface area (Å²) in [6, 6.07) is 12.8. The van der Waals surface area contributed by atoms with Gasteiger partial charge >= 0.3 is 0 Å². The lowest BCUT2D eigenvalue weighted by molar-refractivity contribution is 0.304. The monoisotopic (exact) mass is 299 g/mol. The molecule has 0 atom stereocenters. The molecule has 1 aliphatic heterocycles. The zero-order valence-electron chi connectivity index (χ0n) is 13.0. The molecule has 2 nitrogen and oxygen atoms in total. The van der Waals surface area contributed by atoms with Crippen LogP contribution in [-0.2, 0) is 13.2 Å². The molecule has 0 saturated carbocycles. The molecule has 22 heavy (non-hydrogen) atoms. The Morgan fingerprint density at radius 1 is 1.09 bits per heavy atom. The molecule has 1 heterocycles. The van der Waals surface area contributed by atoms with Crippen molar-refractivity contribution in [3.05, 3.63) is 65.0 Å². The first-order valence-electron chi connectivity index (χ1n) is 7.90. The average molecular weight is 299 g/mol. The van der Waals surface area contributed by atoms with Gasteiger partial charge in [-0.3, -0.25) is 4.90 Å². The van der Waals surface area contributed by atoms with Gasteiger partial charge in [-0.2, -0.15) is 0 Å². The number of benzene rings is 2. The summed E-state index contributed by atoms with van der Waals surface area (Å²) >= 11 is 0. The fraction of sp³-hybridized carbons (Fsp3) is 0.368. The summed E-state index contributed by atoms with van der Waals surface area (Å²) < 4.78 is 18.9. The van der Waals surface area contributed by atoms with Crippen molar-refractivity contribution in [3.8, 4) is 5.75 Å². The highest BCUT2D eigenvalue weighted by Crippen LogP contribution is 2.21. The highest BCUT2D eigenvalue weighted by molar-refractivity contribution is 5.35. The molecule has 1 aliphatic rings. The third-order valence-corrected chi connectivity index (χ3v) is 4.20. The van der Waals surface area contributed by atoms with Gasteiger partial charge in [0, 0.05) is 6.54 Å². The Bertz CT molecular complexity index is 635. The minimum absolute atomic E-state index is 0.224. The molecule has 0 spiro atoms. The van der Waals surface area contributed by atoms with Crippen LogP contribution in [0.4, 0.5) is 4.39 Å². The van der Waals surface area contributed by atoms with Gasteiger partial charge in [-0.25, -0.2) is 4.39 Å². The fourth-order valence-corrected chi connectivity index (χ4v) is 2.91. The maximum atomic E-state index is 13.1. The van der Waals surface area contributed by atoms with Gasteiger partial charge in [0.1, 0.15) is 18.2 Å². The Labute approximate surface area is 131 Å². The van der Waals surface area contributed by atoms with E-state index < -0.39 is 0 Å². The highest BCUT2D eigenvalue weighted by atomic mass is 19.1. The Morgan fingerprint density at radius 3 is 2.64 bits per heavy atom. The number of ether oxygens (including phenoxy) is 1. The summed E-state index contributed by atoms with van der Waals surface area (Å²) in [6.45, 7) is 5.95. The molecular formula is C19H22FNO. The van der Waals surface area contributed by atoms with E-state index in [1.54, 1.807) is 6.07 Å². The van der Waals surface area contributed by atoms with Gasteiger partial charge < -0.3 is 4.74 Å². The van der Waals surface area contributed by atoms with E-state index in [0.29, 0.717) is 6.61 Å². The minimum Gasteiger partial charge on any atom is -0.489 e. The molecule has 0 amide bonds. The normalized spacial score (nSPS) is 15.2. The van der Waals surface area contributed by atoms with Crippen molar-refractivity contribution in [1.29, 1.82) is 0 Å². The largest absolute Gasteiger partial charge is 0.489 e. The van der Waals surface area contributed by atoms with E-state index in [1.807, 2.05) is 12.1 Å². The molecule has 0 aromatic heterocycles. The van der Waals surface area contributed by atoms with Crippen LogP contribution in [0, 0.1) is 12.7 Å². The van der Waals surface area contributed by atoms with Crippen molar-refractivity contribution in [2.45, 2.75) is 32.9 Å². The molecule has 3 rings (SSSR count). The second-order valence-electron chi connectivity index (χ2n) is 5.99. The maximum absolute atomic E-state index is 13.1. The van der Waals surface area contributed by atoms with Gasteiger partial charge in [-0.05, 0) is 73.8 Å². The lowest BCUT2D eigenvalue weighted by Gasteiger charge is -2.17. The number of halogens is 1. The van der Waals surface area contributed by atoms with Gasteiger partial charge in [0.15, 0.2) is 0 Å². The number of aryl methyl sites for hydroxylation is 1. The Morgan fingerprint density at radius 2 is 1.91 bits per heavy atom. The van der Waals surface area contributed by atoms with Crippen molar-refractivity contribution in [2.75, 3.05) is 13.1 Å². The predicted octanol–water partition coefficient (Wildman–Crippen LogP) is 4.31. The van der Waals surface area contributed by atoms with Crippen molar-refractivity contribution >= 4 is 0 Å². The SMILES string of the molecule is Cc1cc(OCc2cccc(F)c2)ccc1CN1CCCC1. The molecule has 2 aromatic carbocycles. The molecule has 0 N–H and O–H groups in total. The summed E-state index contributed by atoms with van der Waals surface area (Å²) in [4.78, 5) is 2.50. The summed E-state index contributed by atoms with van der Waals surface area (Å²) in [7, 11) is 0. The Hall–Kier alpha value is -1.87. The summed E-state index contributed by atoms with van der Waals surface area (Å²) in [6.07, 6.45) is 2.63. The molecule has 1 fully saturated rings. The minimum atomic E-state index is -0.224. The second-order valence-corrected chi connectivity index (χ2v) is 5.99. The van der Waals surface area contributed by atoms with Gasteiger partial charge in [-0.1, -0.05) is 18.2 Å². The number of nitrogens with zero attached hydrogens (tertiary/aromatic N) is 1. The van der Waals surface area contributed by atoms with Crippen LogP contribution in [0.3, 0.4) is 0 Å². The zero-order valence-corrected chi connectivity index (χ0v) is 13.0. The zero-order chi connectivity index (χ0) is 15.4. The standard InChI is InChI=1S/C19H22FNO/c1-15-11-19(22-14-16-5-4-6-18(20)12-16)8-7-17(15)13-21-9-2-3-10-21/h4-8,11-12H,2-3,9-10,13-14H2,1H3. The molecule has 116 valence electrons. The van der Waals surface area contributed by atoms with E-state index in [0.717, 1.165) is 17.9 Å². The Kier molecular flexibility index (Phi) is 4.74. The smallest absolute Gasteiger partial charge is 0.123 e. The van der Waals surface area contributed by atoms with E-state index in [9.17, 15) is 4.39 Å². The van der Waals surface area contributed by atoms with Crippen molar-refractivity contribution in [1.82, 2.24) is 4.90 Å². The number of likely N-dealkylation sites (tertiary alicyclic amines) is 1. The molecular weight excluding hydrogens is 277 g/mol. The summed E-state index contributed by atoms with van der Waals surface area (Å²) in [5.74, 6) is 0.616. The molecule has 3 heteroatoms. The van der Waals surface area contributed by atoms with E-state index >= 15 is 0 Å². The van der Waals surface area contributed by atoms with Crippen molar-refractivity contribution in [3.63, 3.8) is 0 Å². The maximum Gasteiger partial charge on any atom is 0.123 e. The summed E-state index contributed by atoms with van der Waals surface area (Å²) in [5.41, 5.74) is 3.46. The van der Waals surface area contributed by atoms with E-state index in [2.05, 4.69) is 24.0 Å². The van der Waals surface area contributed by atoms with Crippen molar-refractivity contribution in [2.24, 2.45) is 0 Å². The van der Waals surface area contributed by atoms with Crippen LogP contribution in [0.2, 0.25) is 0 Å². The number of rotatable bonds is 5. The summed E-state index contributed by atoms with van der Waals surface area (Å²) in [5, 5.41) is 0. The first-order chi connectivity index (χ1) is 10.7. The van der Waals surface area contributed by atoms with Crippen LogP contribution in [-0.4, -0.2) is 18.0 Å². The topological polar surface area (TPSA) is 12.5 Å². The molecule has 0 aliphatic carbocycles. The van der Waals surface area contributed by atoms with Crippen LogP contribution in [0.25, 0.3) is 0 Å². The number of hydrogen-bond acceptors (Lipinski definition) is 2. The quantitative estimate of drug-likeness (QED) is 0.816. The molecule has 0 radical (unpaired) electrons. The van der Waals surface area contributed by atoms with Crippen LogP contribution in [0.5, 0.6) is 5.75 Å². The van der Waals surface area contributed by atoms with Gasteiger partial charge in [-0.15, -0.1) is 0 Å². The van der Waals surface area contributed by atoms with Gasteiger partial charge in [0.05, 0.1) is 0 Å². The molecule has 2 aromatic rings. The third-order valence-electron chi connectivity index (χ3n) is 4.20. The number of hydrogen-bond donors (Lipinski definition) is 0. The lowest BCUT2D eigenvalue weighted by atomic mass is 10.1. The van der Waals surface area contributed by atoms with E-state index in [1.165, 1.54) is 49.2 Å². The van der Waals surface area contributed by atoms with Crippen LogP contribution >= 0.6 is 0 Å². The fourth-order valence-electron chi connectivity index (χ4n) is 2.91. The molecule has 1 saturated heterocycles. The second kappa shape index (κ2) is 6.93. The molecule has 0 unspecified atom stereocenters.